The van der Waals surface area contributed by atoms with Crippen molar-refractivity contribution in [2.24, 2.45) is 5.92 Å². The molecule has 25 heavy (non-hydrogen) atoms. The van der Waals surface area contributed by atoms with Crippen LogP contribution in [0.3, 0.4) is 0 Å². The summed E-state index contributed by atoms with van der Waals surface area (Å²) in [6.45, 7) is 1.94. The maximum Gasteiger partial charge on any atom is 0.225 e. The van der Waals surface area contributed by atoms with Gasteiger partial charge in [-0.05, 0) is 25.7 Å². The van der Waals surface area contributed by atoms with Crippen LogP contribution in [0.25, 0.3) is 0 Å². The monoisotopic (exact) mass is 341 g/mol. The first kappa shape index (κ1) is 15.7. The number of carbonyl (C=O) groups excluding carboxylic acids is 1. The van der Waals surface area contributed by atoms with Crippen LogP contribution in [0.1, 0.15) is 80.8 Å². The lowest BCUT2D eigenvalue weighted by Gasteiger charge is -2.48. The predicted molar refractivity (Wildman–Crippen MR) is 92.9 cm³/mol. The van der Waals surface area contributed by atoms with Crippen molar-refractivity contribution in [3.05, 3.63) is 23.3 Å². The number of carbonyl (C=O) groups is 1. The number of rotatable bonds is 2. The van der Waals surface area contributed by atoms with Crippen LogP contribution in [0, 0.1) is 5.92 Å². The molecule has 5 heteroatoms. The van der Waals surface area contributed by atoms with Crippen molar-refractivity contribution in [1.29, 1.82) is 0 Å². The average Bonchev–Trinajstić information content (AvgIpc) is 3.28. The molecular weight excluding hydrogens is 314 g/mol. The molecule has 0 N–H and O–H groups in total. The van der Waals surface area contributed by atoms with Crippen molar-refractivity contribution in [1.82, 2.24) is 14.9 Å². The normalized spacial score (nSPS) is 26.0. The summed E-state index contributed by atoms with van der Waals surface area (Å²) in [5.74, 6) is 2.12. The molecule has 3 heterocycles. The Labute approximate surface area is 149 Å². The SMILES string of the molecule is O=C(C1CCCC1)N1CC2(C1)OCc1nc(C3CCCCC3)ncc12. The molecular formula is C20H27N3O2. The number of fused-ring (bicyclic) bond motifs is 2. The van der Waals surface area contributed by atoms with Crippen molar-refractivity contribution in [2.75, 3.05) is 13.1 Å². The van der Waals surface area contributed by atoms with Gasteiger partial charge in [-0.1, -0.05) is 32.1 Å². The lowest BCUT2D eigenvalue weighted by molar-refractivity contribution is -0.172. The molecule has 1 spiro atoms. The van der Waals surface area contributed by atoms with Gasteiger partial charge < -0.3 is 9.64 Å². The summed E-state index contributed by atoms with van der Waals surface area (Å²) in [5, 5.41) is 0. The minimum Gasteiger partial charge on any atom is -0.360 e. The van der Waals surface area contributed by atoms with Gasteiger partial charge in [0, 0.05) is 23.6 Å². The van der Waals surface area contributed by atoms with E-state index < -0.39 is 0 Å². The summed E-state index contributed by atoms with van der Waals surface area (Å²) in [6.07, 6.45) is 12.9. The molecule has 1 saturated heterocycles. The fraction of sp³-hybridized carbons (Fsp3) is 0.750. The van der Waals surface area contributed by atoms with Gasteiger partial charge in [0.15, 0.2) is 0 Å². The highest BCUT2D eigenvalue weighted by Gasteiger charge is 2.53. The van der Waals surface area contributed by atoms with Crippen LogP contribution in [-0.4, -0.2) is 33.9 Å². The molecule has 2 saturated carbocycles. The van der Waals surface area contributed by atoms with Crippen molar-refractivity contribution >= 4 is 5.91 Å². The Balaban J connectivity index is 1.30. The third kappa shape index (κ3) is 2.59. The Morgan fingerprint density at radius 2 is 1.80 bits per heavy atom. The molecule has 1 aromatic heterocycles. The fourth-order valence-corrected chi connectivity index (χ4v) is 5.18. The lowest BCUT2D eigenvalue weighted by Crippen LogP contribution is -2.62. The molecule has 5 rings (SSSR count). The zero-order valence-electron chi connectivity index (χ0n) is 14.9. The summed E-state index contributed by atoms with van der Waals surface area (Å²) < 4.78 is 6.14. The summed E-state index contributed by atoms with van der Waals surface area (Å²) in [5.41, 5.74) is 1.86. The molecule has 1 amide bonds. The van der Waals surface area contributed by atoms with Gasteiger partial charge >= 0.3 is 0 Å². The quantitative estimate of drug-likeness (QED) is 0.828. The Kier molecular flexibility index (Phi) is 3.81. The molecule has 0 unspecified atom stereocenters. The maximum atomic E-state index is 12.6. The number of hydrogen-bond acceptors (Lipinski definition) is 4. The summed E-state index contributed by atoms with van der Waals surface area (Å²) in [6, 6.07) is 0. The number of ether oxygens (including phenoxy) is 1. The zero-order valence-corrected chi connectivity index (χ0v) is 14.9. The Morgan fingerprint density at radius 1 is 1.08 bits per heavy atom. The van der Waals surface area contributed by atoms with Gasteiger partial charge in [0.25, 0.3) is 0 Å². The van der Waals surface area contributed by atoms with Gasteiger partial charge in [-0.3, -0.25) is 4.79 Å². The van der Waals surface area contributed by atoms with Gasteiger partial charge in [0.2, 0.25) is 5.91 Å². The number of hydrogen-bond donors (Lipinski definition) is 0. The lowest BCUT2D eigenvalue weighted by atomic mass is 9.85. The maximum absolute atomic E-state index is 12.6. The molecule has 2 aliphatic carbocycles. The zero-order chi connectivity index (χ0) is 16.9. The largest absolute Gasteiger partial charge is 0.360 e. The van der Waals surface area contributed by atoms with Crippen LogP contribution in [0.15, 0.2) is 6.20 Å². The number of nitrogens with zero attached hydrogens (tertiary/aromatic N) is 3. The second-order valence-electron chi connectivity index (χ2n) is 8.38. The molecule has 134 valence electrons. The van der Waals surface area contributed by atoms with Crippen LogP contribution in [-0.2, 0) is 21.7 Å². The van der Waals surface area contributed by atoms with Crippen molar-refractivity contribution < 1.29 is 9.53 Å². The Morgan fingerprint density at radius 3 is 2.56 bits per heavy atom. The second-order valence-corrected chi connectivity index (χ2v) is 8.38. The molecule has 5 nitrogen and oxygen atoms in total. The summed E-state index contributed by atoms with van der Waals surface area (Å²) >= 11 is 0. The van der Waals surface area contributed by atoms with Gasteiger partial charge in [-0.2, -0.15) is 0 Å². The van der Waals surface area contributed by atoms with Gasteiger partial charge in [-0.25, -0.2) is 9.97 Å². The highest BCUT2D eigenvalue weighted by Crippen LogP contribution is 2.44. The van der Waals surface area contributed by atoms with E-state index in [0.29, 0.717) is 31.5 Å². The first-order chi connectivity index (χ1) is 12.3. The van der Waals surface area contributed by atoms with Crippen molar-refractivity contribution in [3.8, 4) is 0 Å². The molecule has 2 aliphatic heterocycles. The van der Waals surface area contributed by atoms with Crippen LogP contribution in [0.4, 0.5) is 0 Å². The van der Waals surface area contributed by atoms with E-state index in [2.05, 4.69) is 0 Å². The summed E-state index contributed by atoms with van der Waals surface area (Å²) in [7, 11) is 0. The molecule has 0 radical (unpaired) electrons. The van der Waals surface area contributed by atoms with Crippen LogP contribution >= 0.6 is 0 Å². The van der Waals surface area contributed by atoms with Crippen LogP contribution in [0.2, 0.25) is 0 Å². The minimum atomic E-state index is -0.325. The van der Waals surface area contributed by atoms with E-state index in [1.165, 1.54) is 44.9 Å². The highest BCUT2D eigenvalue weighted by atomic mass is 16.5. The molecule has 0 bridgehead atoms. The predicted octanol–water partition coefficient (Wildman–Crippen LogP) is 3.28. The van der Waals surface area contributed by atoms with Gasteiger partial charge in [0.05, 0.1) is 25.4 Å². The third-order valence-electron chi connectivity index (χ3n) is 6.74. The molecule has 1 aromatic rings. The molecule has 0 atom stereocenters. The smallest absolute Gasteiger partial charge is 0.225 e. The average molecular weight is 341 g/mol. The van der Waals surface area contributed by atoms with E-state index in [-0.39, 0.29) is 11.5 Å². The molecule has 0 aromatic carbocycles. The van der Waals surface area contributed by atoms with E-state index in [1.54, 1.807) is 0 Å². The summed E-state index contributed by atoms with van der Waals surface area (Å²) in [4.78, 5) is 24.1. The number of likely N-dealkylation sites (tertiary alicyclic amines) is 1. The van der Waals surface area contributed by atoms with Crippen molar-refractivity contribution in [3.63, 3.8) is 0 Å². The van der Waals surface area contributed by atoms with E-state index in [4.69, 9.17) is 14.7 Å². The Hall–Kier alpha value is -1.49. The van der Waals surface area contributed by atoms with Gasteiger partial charge in [0.1, 0.15) is 11.4 Å². The minimum absolute atomic E-state index is 0.253. The van der Waals surface area contributed by atoms with Crippen LogP contribution in [0.5, 0.6) is 0 Å². The van der Waals surface area contributed by atoms with E-state index in [0.717, 1.165) is 29.9 Å². The van der Waals surface area contributed by atoms with Crippen LogP contribution < -0.4 is 0 Å². The Bertz CT molecular complexity index is 672. The first-order valence-corrected chi connectivity index (χ1v) is 10.0. The molecule has 4 aliphatic rings. The standard InChI is InChI=1S/C20H27N3O2/c24-19(15-8-4-5-9-15)23-12-20(13-23)16-10-21-18(22-17(16)11-25-20)14-6-2-1-3-7-14/h10,14-15H,1-9,11-13H2. The van der Waals surface area contributed by atoms with E-state index >= 15 is 0 Å². The van der Waals surface area contributed by atoms with E-state index in [1.807, 2.05) is 11.1 Å². The number of amides is 1. The van der Waals surface area contributed by atoms with Crippen molar-refractivity contribution in [2.45, 2.75) is 75.9 Å². The first-order valence-electron chi connectivity index (χ1n) is 10.0. The second kappa shape index (κ2) is 6.04. The highest BCUT2D eigenvalue weighted by molar-refractivity contribution is 5.80. The van der Waals surface area contributed by atoms with E-state index in [9.17, 15) is 4.79 Å². The fourth-order valence-electron chi connectivity index (χ4n) is 5.18. The third-order valence-corrected chi connectivity index (χ3v) is 6.74. The topological polar surface area (TPSA) is 55.3 Å². The number of aromatic nitrogens is 2. The molecule has 3 fully saturated rings. The van der Waals surface area contributed by atoms with Gasteiger partial charge in [-0.15, -0.1) is 0 Å².